The van der Waals surface area contributed by atoms with Crippen molar-refractivity contribution in [2.24, 2.45) is 11.8 Å². The second kappa shape index (κ2) is 26.0. The van der Waals surface area contributed by atoms with Crippen molar-refractivity contribution in [2.45, 2.75) is 184 Å². The molecule has 2 aromatic rings. The predicted octanol–water partition coefficient (Wildman–Crippen LogP) is 5.01. The highest BCUT2D eigenvalue weighted by molar-refractivity contribution is 5.87. The average Bonchev–Trinajstić information content (AvgIpc) is 4.15. The lowest BCUT2D eigenvalue weighted by Crippen LogP contribution is -2.62. The van der Waals surface area contributed by atoms with Crippen LogP contribution < -0.4 is 21.3 Å². The molecule has 6 heterocycles. The van der Waals surface area contributed by atoms with E-state index in [2.05, 4.69) is 45.5 Å². The molecule has 4 aliphatic heterocycles. The van der Waals surface area contributed by atoms with Crippen LogP contribution in [-0.2, 0) is 59.2 Å². The number of rotatable bonds is 19. The second-order valence-electron chi connectivity index (χ2n) is 21.0. The molecular weight excluding hydrogens is 921 g/mol. The van der Waals surface area contributed by atoms with Crippen LogP contribution in [0.5, 0.6) is 0 Å². The number of pyridine rings is 2. The molecule has 0 aromatic carbocycles. The molecule has 396 valence electrons. The number of carbonyl (C=O) groups is 6. The van der Waals surface area contributed by atoms with Gasteiger partial charge in [-0.15, -0.1) is 0 Å². The summed E-state index contributed by atoms with van der Waals surface area (Å²) >= 11 is 0. The highest BCUT2D eigenvalue weighted by Crippen LogP contribution is 2.32. The number of aliphatic carboxylic acids is 1. The molecule has 2 aromatic heterocycles. The van der Waals surface area contributed by atoms with E-state index in [1.54, 1.807) is 16.7 Å². The number of carbonyl (C=O) groups excluding carboxylic acids is 5. The van der Waals surface area contributed by atoms with Gasteiger partial charge in [-0.2, -0.15) is 0 Å². The zero-order chi connectivity index (χ0) is 51.1. The Morgan fingerprint density at radius 2 is 1.06 bits per heavy atom. The number of unbranched alkanes of at least 4 members (excludes halogenated alkanes) is 2. The van der Waals surface area contributed by atoms with Crippen molar-refractivity contribution in [1.82, 2.24) is 30.4 Å². The molecule has 2 unspecified atom stereocenters. The lowest BCUT2D eigenvalue weighted by atomic mass is 9.83. The summed E-state index contributed by atoms with van der Waals surface area (Å²) in [6.07, 6.45) is 18.0. The number of carboxylic acid groups (broad SMARTS) is 1. The maximum absolute atomic E-state index is 12.8. The summed E-state index contributed by atoms with van der Waals surface area (Å²) in [4.78, 5) is 88.2. The van der Waals surface area contributed by atoms with Gasteiger partial charge in [0.15, 0.2) is 12.1 Å². The monoisotopic (exact) mass is 1000 g/mol. The van der Waals surface area contributed by atoms with Gasteiger partial charge in [-0.25, -0.2) is 19.6 Å². The average molecular weight is 1000 g/mol. The summed E-state index contributed by atoms with van der Waals surface area (Å²) in [5, 5.41) is 44.2. The Labute approximate surface area is 424 Å². The van der Waals surface area contributed by atoms with Crippen LogP contribution in [0.1, 0.15) is 158 Å². The minimum absolute atomic E-state index is 0.0222. The molecule has 0 spiro atoms. The van der Waals surface area contributed by atoms with Gasteiger partial charge in [0.25, 0.3) is 0 Å². The van der Waals surface area contributed by atoms with Crippen molar-refractivity contribution in [1.29, 1.82) is 0 Å². The van der Waals surface area contributed by atoms with Crippen LogP contribution in [0, 0.1) is 11.8 Å². The maximum atomic E-state index is 12.8. The van der Waals surface area contributed by atoms with E-state index in [0.29, 0.717) is 25.9 Å². The third-order valence-electron chi connectivity index (χ3n) is 15.9. The summed E-state index contributed by atoms with van der Waals surface area (Å²) < 4.78 is 5.19. The van der Waals surface area contributed by atoms with Crippen molar-refractivity contribution in [3.8, 4) is 0 Å². The van der Waals surface area contributed by atoms with Crippen LogP contribution in [0.2, 0.25) is 0 Å². The largest absolute Gasteiger partial charge is 0.480 e. The fraction of sp³-hybridized carbons (Fsp3) is 0.704. The molecule has 18 heteroatoms. The Morgan fingerprint density at radius 3 is 1.47 bits per heavy atom. The molecule has 4 amide bonds. The van der Waals surface area contributed by atoms with Crippen LogP contribution in [0.25, 0.3) is 0 Å². The van der Waals surface area contributed by atoms with Crippen LogP contribution in [-0.4, -0.2) is 140 Å². The molecule has 8 rings (SSSR count). The number of aromatic nitrogens is 2. The Kier molecular flexibility index (Phi) is 19.7. The van der Waals surface area contributed by atoms with Gasteiger partial charge in [0.2, 0.25) is 23.6 Å². The minimum atomic E-state index is -1.55. The van der Waals surface area contributed by atoms with Gasteiger partial charge in [0.05, 0.1) is 17.8 Å². The molecule has 18 nitrogen and oxygen atoms in total. The van der Waals surface area contributed by atoms with Crippen LogP contribution in [0.15, 0.2) is 24.3 Å². The third kappa shape index (κ3) is 14.7. The van der Waals surface area contributed by atoms with Gasteiger partial charge in [0, 0.05) is 75.3 Å². The lowest BCUT2D eigenvalue weighted by molar-refractivity contribution is -0.160. The quantitative estimate of drug-likeness (QED) is 0.0722. The van der Waals surface area contributed by atoms with Gasteiger partial charge in [0.1, 0.15) is 11.6 Å². The highest BCUT2D eigenvalue weighted by atomic mass is 16.5. The fourth-order valence-electron chi connectivity index (χ4n) is 11.3. The standard InChI is InChI=1S/C28H42N4O5.C26H38N4O5/c1-2-37-27(35)24(31-26(34)21-8-3-4-9-21)28(36)15-18-32(19-16-28)23(33)12-6-5-11-22-14-13-20-10-7-17-29-25(20)30-22;31-21(10-4-3-9-20-12-11-18-8-5-15-27-23(18)28-20)30-16-13-26(35,14-17-30)22(25(33)34)29-24(32)19-6-1-2-7-19/h13-14,21,24,36H,2-12,15-19H2,1H3,(H,29,30)(H,31,34);11-12,19,22,35H,1-10,13-17H2,(H,27,28)(H,29,32)(H,33,34). The van der Waals surface area contributed by atoms with E-state index in [9.17, 15) is 44.1 Å². The van der Waals surface area contributed by atoms with Crippen LogP contribution in [0.4, 0.5) is 11.6 Å². The Bertz CT molecular complexity index is 2180. The molecule has 0 bridgehead atoms. The number of hydrogen-bond acceptors (Lipinski definition) is 13. The number of anilines is 2. The summed E-state index contributed by atoms with van der Waals surface area (Å²) in [6.45, 7) is 5.09. The Balaban J connectivity index is 0.000000212. The molecule has 6 aliphatic rings. The molecule has 2 aliphatic carbocycles. The number of likely N-dealkylation sites (tertiary alicyclic amines) is 2. The van der Waals surface area contributed by atoms with E-state index in [-0.39, 0.29) is 80.8 Å². The lowest BCUT2D eigenvalue weighted by Gasteiger charge is -2.42. The molecule has 4 fully saturated rings. The van der Waals surface area contributed by atoms with Gasteiger partial charge in [-0.1, -0.05) is 37.8 Å². The highest BCUT2D eigenvalue weighted by Gasteiger charge is 2.48. The number of aryl methyl sites for hydroxylation is 4. The molecule has 2 saturated carbocycles. The van der Waals surface area contributed by atoms with E-state index < -0.39 is 35.2 Å². The SMILES string of the molecule is CCOC(=O)C(NC(=O)C1CCCC1)C1(O)CCN(C(=O)CCCCc2ccc3c(n2)NCCC3)CC1.O=C(NC(C(=O)O)C1(O)CCN(C(=O)CCCCc2ccc3c(n2)NCCC3)CC1)C1CCCC1. The number of ether oxygens (including phenoxy) is 1. The number of carboxylic acids is 1. The van der Waals surface area contributed by atoms with Crippen molar-refractivity contribution in [3.05, 3.63) is 46.8 Å². The van der Waals surface area contributed by atoms with Crippen molar-refractivity contribution in [2.75, 3.05) is 56.5 Å². The normalized spacial score (nSPS) is 20.3. The van der Waals surface area contributed by atoms with E-state index in [1.807, 2.05) is 0 Å². The van der Waals surface area contributed by atoms with E-state index in [4.69, 9.17) is 14.7 Å². The molecule has 7 N–H and O–H groups in total. The maximum Gasteiger partial charge on any atom is 0.331 e. The Hall–Kier alpha value is -5.36. The van der Waals surface area contributed by atoms with Crippen LogP contribution >= 0.6 is 0 Å². The van der Waals surface area contributed by atoms with E-state index in [1.165, 1.54) is 11.1 Å². The van der Waals surface area contributed by atoms with Gasteiger partial charge < -0.3 is 51.1 Å². The smallest absolute Gasteiger partial charge is 0.331 e. The number of hydrogen-bond donors (Lipinski definition) is 7. The molecule has 72 heavy (non-hydrogen) atoms. The zero-order valence-corrected chi connectivity index (χ0v) is 42.5. The number of piperidine rings is 2. The number of fused-ring (bicyclic) bond motifs is 2. The summed E-state index contributed by atoms with van der Waals surface area (Å²) in [5.74, 6) is -0.529. The number of amides is 4. The topological polar surface area (TPSA) is 253 Å². The fourth-order valence-corrected chi connectivity index (χ4v) is 11.3. The Morgan fingerprint density at radius 1 is 0.639 bits per heavy atom. The third-order valence-corrected chi connectivity index (χ3v) is 15.9. The number of aliphatic hydroxyl groups is 2. The summed E-state index contributed by atoms with van der Waals surface area (Å²) in [6, 6.07) is 5.99. The first-order chi connectivity index (χ1) is 34.7. The van der Waals surface area contributed by atoms with Crippen molar-refractivity contribution < 1.29 is 48.8 Å². The first kappa shape index (κ1) is 54.4. The van der Waals surface area contributed by atoms with Crippen molar-refractivity contribution >= 4 is 47.2 Å². The molecule has 2 saturated heterocycles. The summed E-state index contributed by atoms with van der Waals surface area (Å²) in [5.41, 5.74) is 1.65. The first-order valence-electron chi connectivity index (χ1n) is 27.2. The van der Waals surface area contributed by atoms with Gasteiger partial charge in [-0.3, -0.25) is 19.2 Å². The molecular formula is C54H80N8O10. The number of nitrogens with one attached hydrogen (secondary N) is 4. The van der Waals surface area contributed by atoms with Gasteiger partial charge in [-0.05, 0) is 146 Å². The predicted molar refractivity (Wildman–Crippen MR) is 271 cm³/mol. The second-order valence-corrected chi connectivity index (χ2v) is 21.0. The molecule has 2 atom stereocenters. The number of esters is 1. The van der Waals surface area contributed by atoms with E-state index in [0.717, 1.165) is 152 Å². The first-order valence-corrected chi connectivity index (χ1v) is 27.2. The molecule has 0 radical (unpaired) electrons. The minimum Gasteiger partial charge on any atom is -0.480 e. The number of nitrogens with zero attached hydrogens (tertiary/aromatic N) is 4. The zero-order valence-electron chi connectivity index (χ0n) is 42.5. The van der Waals surface area contributed by atoms with Crippen molar-refractivity contribution in [3.63, 3.8) is 0 Å². The summed E-state index contributed by atoms with van der Waals surface area (Å²) in [7, 11) is 0. The van der Waals surface area contributed by atoms with Gasteiger partial charge >= 0.3 is 11.9 Å². The van der Waals surface area contributed by atoms with Crippen LogP contribution in [0.3, 0.4) is 0 Å². The van der Waals surface area contributed by atoms with E-state index >= 15 is 0 Å².